The van der Waals surface area contributed by atoms with E-state index in [1.807, 2.05) is 0 Å². The second kappa shape index (κ2) is 5.37. The van der Waals surface area contributed by atoms with Crippen LogP contribution >= 0.6 is 23.2 Å². The molecule has 0 bridgehead atoms. The third kappa shape index (κ3) is 2.63. The summed E-state index contributed by atoms with van der Waals surface area (Å²) in [6, 6.07) is 5.17. The third-order valence-electron chi connectivity index (χ3n) is 2.22. The van der Waals surface area contributed by atoms with E-state index >= 15 is 0 Å². The minimum atomic E-state index is -0.681. The number of carbonyl (C=O) groups excluding carboxylic acids is 1. The van der Waals surface area contributed by atoms with Crippen LogP contribution in [0.1, 0.15) is 22.1 Å². The van der Waals surface area contributed by atoms with Crippen molar-refractivity contribution in [2.75, 3.05) is 7.11 Å². The zero-order valence-corrected chi connectivity index (χ0v) is 10.8. The van der Waals surface area contributed by atoms with Gasteiger partial charge in [0.05, 0.1) is 7.11 Å². The Morgan fingerprint density at radius 1 is 1.39 bits per heavy atom. The molecule has 0 aliphatic carbocycles. The van der Waals surface area contributed by atoms with Crippen LogP contribution in [0.25, 0.3) is 0 Å². The van der Waals surface area contributed by atoms with Gasteiger partial charge in [-0.15, -0.1) is 0 Å². The summed E-state index contributed by atoms with van der Waals surface area (Å²) in [6.45, 7) is 0. The number of carbonyl (C=O) groups is 1. The monoisotopic (exact) mass is 286 g/mol. The van der Waals surface area contributed by atoms with E-state index in [0.717, 1.165) is 0 Å². The molecule has 1 aromatic heterocycles. The molecule has 94 valence electrons. The molecule has 1 heterocycles. The van der Waals surface area contributed by atoms with Crippen LogP contribution in [0.4, 0.5) is 0 Å². The van der Waals surface area contributed by atoms with Gasteiger partial charge in [-0.05, 0) is 17.7 Å². The van der Waals surface area contributed by atoms with E-state index in [9.17, 15) is 4.79 Å². The van der Waals surface area contributed by atoms with Crippen molar-refractivity contribution < 1.29 is 14.1 Å². The minimum Gasteiger partial charge on any atom is -0.462 e. The highest BCUT2D eigenvalue weighted by Gasteiger charge is 2.17. The molecule has 0 radical (unpaired) electrons. The van der Waals surface area contributed by atoms with E-state index in [2.05, 4.69) is 14.9 Å². The van der Waals surface area contributed by atoms with Crippen LogP contribution in [0.2, 0.25) is 10.0 Å². The Bertz CT molecular complexity index is 563. The highest BCUT2D eigenvalue weighted by Crippen LogP contribution is 2.26. The summed E-state index contributed by atoms with van der Waals surface area (Å²) in [5, 5.41) is 4.67. The second-order valence-corrected chi connectivity index (χ2v) is 4.20. The zero-order valence-electron chi connectivity index (χ0n) is 9.31. The quantitative estimate of drug-likeness (QED) is 0.812. The fourth-order valence-electron chi connectivity index (χ4n) is 1.36. The first-order valence-corrected chi connectivity index (χ1v) is 5.71. The molecule has 2 aromatic rings. The van der Waals surface area contributed by atoms with Gasteiger partial charge in [0.15, 0.2) is 5.82 Å². The van der Waals surface area contributed by atoms with Crippen LogP contribution in [0.3, 0.4) is 0 Å². The van der Waals surface area contributed by atoms with E-state index in [1.165, 1.54) is 7.11 Å². The van der Waals surface area contributed by atoms with E-state index in [1.54, 1.807) is 18.2 Å². The van der Waals surface area contributed by atoms with Crippen molar-refractivity contribution >= 4 is 29.2 Å². The Morgan fingerprint density at radius 2 is 2.06 bits per heavy atom. The lowest BCUT2D eigenvalue weighted by atomic mass is 10.1. The maximum Gasteiger partial charge on any atom is 0.397 e. The fraction of sp³-hybridized carbons (Fsp3) is 0.182. The molecule has 0 aliphatic heterocycles. The first-order chi connectivity index (χ1) is 8.61. The number of hydrogen-bond donors (Lipinski definition) is 0. The van der Waals surface area contributed by atoms with Crippen LogP contribution in [0.5, 0.6) is 0 Å². The summed E-state index contributed by atoms with van der Waals surface area (Å²) in [5.41, 5.74) is 0.679. The number of methoxy groups -OCH3 is 1. The van der Waals surface area contributed by atoms with Gasteiger partial charge in [0.2, 0.25) is 0 Å². The van der Waals surface area contributed by atoms with E-state index in [-0.39, 0.29) is 12.3 Å². The molecule has 0 saturated carbocycles. The number of benzene rings is 1. The molecular weight excluding hydrogens is 279 g/mol. The average Bonchev–Trinajstić information content (AvgIpc) is 2.81. The predicted octanol–water partition coefficient (Wildman–Crippen LogP) is 2.75. The molecule has 0 fully saturated rings. The summed E-state index contributed by atoms with van der Waals surface area (Å²) < 4.78 is 9.21. The predicted molar refractivity (Wildman–Crippen MR) is 64.9 cm³/mol. The lowest BCUT2D eigenvalue weighted by molar-refractivity contribution is 0.0545. The Morgan fingerprint density at radius 3 is 2.67 bits per heavy atom. The number of ether oxygens (including phenoxy) is 1. The number of halogens is 2. The molecule has 18 heavy (non-hydrogen) atoms. The molecular formula is C11H8Cl2N2O3. The summed E-state index contributed by atoms with van der Waals surface area (Å²) in [6.07, 6.45) is 0.277. The Balaban J connectivity index is 2.24. The van der Waals surface area contributed by atoms with E-state index in [4.69, 9.17) is 27.7 Å². The van der Waals surface area contributed by atoms with Gasteiger partial charge in [0.1, 0.15) is 0 Å². The molecule has 0 unspecified atom stereocenters. The maximum atomic E-state index is 11.1. The van der Waals surface area contributed by atoms with Crippen molar-refractivity contribution in [3.05, 3.63) is 45.5 Å². The second-order valence-electron chi connectivity index (χ2n) is 3.38. The molecule has 7 heteroatoms. The first kappa shape index (κ1) is 12.9. The van der Waals surface area contributed by atoms with Crippen LogP contribution in [-0.4, -0.2) is 23.2 Å². The zero-order chi connectivity index (χ0) is 13.1. The smallest absolute Gasteiger partial charge is 0.397 e. The highest BCUT2D eigenvalue weighted by atomic mass is 35.5. The lowest BCUT2D eigenvalue weighted by Crippen LogP contribution is -2.01. The van der Waals surface area contributed by atoms with Crippen molar-refractivity contribution in [2.24, 2.45) is 0 Å². The lowest BCUT2D eigenvalue weighted by Gasteiger charge is -2.02. The molecule has 2 rings (SSSR count). The van der Waals surface area contributed by atoms with Crippen LogP contribution in [0.15, 0.2) is 22.7 Å². The topological polar surface area (TPSA) is 65.2 Å². The number of hydrogen-bond acceptors (Lipinski definition) is 5. The Kier molecular flexibility index (Phi) is 3.84. The van der Waals surface area contributed by atoms with Crippen LogP contribution in [-0.2, 0) is 11.2 Å². The normalized spacial score (nSPS) is 10.4. The summed E-state index contributed by atoms with van der Waals surface area (Å²) in [7, 11) is 1.23. The summed E-state index contributed by atoms with van der Waals surface area (Å²) >= 11 is 12.0. The van der Waals surface area contributed by atoms with E-state index < -0.39 is 5.97 Å². The van der Waals surface area contributed by atoms with Gasteiger partial charge in [-0.3, -0.25) is 0 Å². The summed E-state index contributed by atoms with van der Waals surface area (Å²) in [5.74, 6) is -0.569. The van der Waals surface area contributed by atoms with Gasteiger partial charge in [-0.25, -0.2) is 4.79 Å². The van der Waals surface area contributed by atoms with Crippen molar-refractivity contribution in [2.45, 2.75) is 6.42 Å². The third-order valence-corrected chi connectivity index (χ3v) is 2.93. The first-order valence-electron chi connectivity index (χ1n) is 4.95. The molecule has 0 aliphatic rings. The van der Waals surface area contributed by atoms with Crippen molar-refractivity contribution in [3.8, 4) is 0 Å². The number of rotatable bonds is 3. The van der Waals surface area contributed by atoms with Gasteiger partial charge >= 0.3 is 11.9 Å². The van der Waals surface area contributed by atoms with Crippen molar-refractivity contribution in [1.29, 1.82) is 0 Å². The van der Waals surface area contributed by atoms with Crippen molar-refractivity contribution in [1.82, 2.24) is 10.1 Å². The molecule has 0 N–H and O–H groups in total. The number of nitrogens with zero attached hydrogens (tertiary/aromatic N) is 2. The molecule has 0 atom stereocenters. The SMILES string of the molecule is COC(=O)c1nc(Cc2c(Cl)cccc2Cl)no1. The Labute approximate surface area is 113 Å². The van der Waals surface area contributed by atoms with Gasteiger partial charge in [-0.2, -0.15) is 4.98 Å². The molecule has 1 aromatic carbocycles. The molecule has 0 amide bonds. The molecule has 5 nitrogen and oxygen atoms in total. The van der Waals surface area contributed by atoms with Gasteiger partial charge in [0, 0.05) is 16.5 Å². The highest BCUT2D eigenvalue weighted by molar-refractivity contribution is 6.36. The number of aromatic nitrogens is 2. The van der Waals surface area contributed by atoms with Crippen molar-refractivity contribution in [3.63, 3.8) is 0 Å². The standard InChI is InChI=1S/C11H8Cl2N2O3/c1-17-11(16)10-14-9(15-18-10)5-6-7(12)3-2-4-8(6)13/h2-4H,5H2,1H3. The Hall–Kier alpha value is -1.59. The average molecular weight is 287 g/mol. The maximum absolute atomic E-state index is 11.1. The summed E-state index contributed by atoms with van der Waals surface area (Å²) in [4.78, 5) is 15.0. The number of esters is 1. The van der Waals surface area contributed by atoms with E-state index in [0.29, 0.717) is 21.4 Å². The van der Waals surface area contributed by atoms with Gasteiger partial charge < -0.3 is 9.26 Å². The fourth-order valence-corrected chi connectivity index (χ4v) is 1.89. The minimum absolute atomic E-state index is 0.198. The molecule has 0 saturated heterocycles. The van der Waals surface area contributed by atoms with Gasteiger partial charge in [0.25, 0.3) is 0 Å². The largest absolute Gasteiger partial charge is 0.462 e. The van der Waals surface area contributed by atoms with Gasteiger partial charge in [-0.1, -0.05) is 34.4 Å². The van der Waals surface area contributed by atoms with Crippen LogP contribution in [0, 0.1) is 0 Å². The molecule has 0 spiro atoms. The van der Waals surface area contributed by atoms with Crippen LogP contribution < -0.4 is 0 Å².